The lowest BCUT2D eigenvalue weighted by Crippen LogP contribution is -2.32. The summed E-state index contributed by atoms with van der Waals surface area (Å²) < 4.78 is 16.5. The first-order chi connectivity index (χ1) is 9.33. The third-order valence-corrected chi connectivity index (χ3v) is 3.44. The van der Waals surface area contributed by atoms with Crippen molar-refractivity contribution in [2.45, 2.75) is 31.4 Å². The van der Waals surface area contributed by atoms with Gasteiger partial charge in [-0.05, 0) is 25.3 Å². The van der Waals surface area contributed by atoms with Crippen LogP contribution in [0.15, 0.2) is 24.3 Å². The van der Waals surface area contributed by atoms with E-state index >= 15 is 0 Å². The van der Waals surface area contributed by atoms with E-state index in [2.05, 4.69) is 0 Å². The normalized spacial score (nSPS) is 21.1. The first-order valence-electron chi connectivity index (χ1n) is 6.91. The van der Waals surface area contributed by atoms with Gasteiger partial charge in [0.05, 0.1) is 18.8 Å². The summed E-state index contributed by atoms with van der Waals surface area (Å²) in [4.78, 5) is 0. The van der Waals surface area contributed by atoms with E-state index in [9.17, 15) is 0 Å². The summed E-state index contributed by atoms with van der Waals surface area (Å²) in [5, 5.41) is 0. The Hall–Kier alpha value is -1.10. The summed E-state index contributed by atoms with van der Waals surface area (Å²) in [5.74, 6) is 0.834. The van der Waals surface area contributed by atoms with E-state index < -0.39 is 0 Å². The Morgan fingerprint density at radius 1 is 1.32 bits per heavy atom. The van der Waals surface area contributed by atoms with Crippen molar-refractivity contribution in [1.29, 1.82) is 0 Å². The molecule has 1 aromatic carbocycles. The number of ether oxygens (including phenoxy) is 3. The third kappa shape index (κ3) is 3.93. The van der Waals surface area contributed by atoms with Gasteiger partial charge >= 0.3 is 0 Å². The number of benzene rings is 1. The Labute approximate surface area is 114 Å². The molecule has 19 heavy (non-hydrogen) atoms. The molecule has 0 saturated carbocycles. The van der Waals surface area contributed by atoms with Gasteiger partial charge in [-0.15, -0.1) is 0 Å². The van der Waals surface area contributed by atoms with Gasteiger partial charge in [0.15, 0.2) is 0 Å². The fourth-order valence-electron chi connectivity index (χ4n) is 2.37. The fourth-order valence-corrected chi connectivity index (χ4v) is 2.37. The van der Waals surface area contributed by atoms with Crippen LogP contribution in [0.2, 0.25) is 0 Å². The number of nitrogens with two attached hydrogens (primary N) is 1. The molecule has 1 fully saturated rings. The Kier molecular flexibility index (Phi) is 5.63. The van der Waals surface area contributed by atoms with Crippen LogP contribution in [0.1, 0.15) is 30.9 Å². The molecule has 0 aliphatic carbocycles. The summed E-state index contributed by atoms with van der Waals surface area (Å²) in [6.07, 6.45) is 3.44. The van der Waals surface area contributed by atoms with Crippen LogP contribution < -0.4 is 10.5 Å². The molecule has 4 nitrogen and oxygen atoms in total. The van der Waals surface area contributed by atoms with E-state index in [1.54, 1.807) is 7.11 Å². The van der Waals surface area contributed by atoms with Crippen LogP contribution in [0.5, 0.6) is 5.75 Å². The van der Waals surface area contributed by atoms with E-state index in [1.165, 1.54) is 6.42 Å². The van der Waals surface area contributed by atoms with Gasteiger partial charge in [-0.3, -0.25) is 0 Å². The lowest BCUT2D eigenvalue weighted by Gasteiger charge is -2.29. The molecular weight excluding hydrogens is 242 g/mol. The molecule has 2 rings (SSSR count). The van der Waals surface area contributed by atoms with Crippen molar-refractivity contribution < 1.29 is 14.2 Å². The van der Waals surface area contributed by atoms with Crippen molar-refractivity contribution in [2.24, 2.45) is 5.73 Å². The molecule has 1 heterocycles. The molecule has 0 spiro atoms. The second-order valence-corrected chi connectivity index (χ2v) is 4.81. The van der Waals surface area contributed by atoms with E-state index in [-0.39, 0.29) is 12.1 Å². The molecule has 1 aliphatic rings. The van der Waals surface area contributed by atoms with Crippen molar-refractivity contribution in [1.82, 2.24) is 0 Å². The van der Waals surface area contributed by atoms with E-state index in [0.717, 1.165) is 30.8 Å². The minimum atomic E-state index is -0.126. The molecule has 0 aromatic heterocycles. The van der Waals surface area contributed by atoms with Crippen molar-refractivity contribution >= 4 is 0 Å². The minimum Gasteiger partial charge on any atom is -0.491 e. The lowest BCUT2D eigenvalue weighted by molar-refractivity contribution is -0.000571. The predicted octanol–water partition coefficient (Wildman–Crippen LogP) is 2.28. The second kappa shape index (κ2) is 7.48. The maximum atomic E-state index is 6.34. The molecule has 0 radical (unpaired) electrons. The summed E-state index contributed by atoms with van der Waals surface area (Å²) in [6.45, 7) is 1.92. The number of para-hydroxylation sites is 1. The summed E-state index contributed by atoms with van der Waals surface area (Å²) in [5.41, 5.74) is 7.36. The smallest absolute Gasteiger partial charge is 0.124 e. The van der Waals surface area contributed by atoms with Crippen molar-refractivity contribution in [3.8, 4) is 5.75 Å². The summed E-state index contributed by atoms with van der Waals surface area (Å²) in [6, 6.07) is 7.79. The monoisotopic (exact) mass is 265 g/mol. The van der Waals surface area contributed by atoms with Crippen LogP contribution >= 0.6 is 0 Å². The SMILES string of the molecule is COCCOc1ccccc1C(N)C1CCCCO1. The largest absolute Gasteiger partial charge is 0.491 e. The highest BCUT2D eigenvalue weighted by Crippen LogP contribution is 2.30. The number of methoxy groups -OCH3 is 1. The zero-order chi connectivity index (χ0) is 13.5. The minimum absolute atomic E-state index is 0.0981. The van der Waals surface area contributed by atoms with Crippen LogP contribution in [0, 0.1) is 0 Å². The molecule has 0 bridgehead atoms. The Morgan fingerprint density at radius 2 is 2.16 bits per heavy atom. The van der Waals surface area contributed by atoms with Gasteiger partial charge < -0.3 is 19.9 Å². The van der Waals surface area contributed by atoms with Crippen LogP contribution in [-0.4, -0.2) is 33.0 Å². The standard InChI is InChI=1S/C15H23NO3/c1-17-10-11-19-13-7-3-2-6-12(13)15(16)14-8-4-5-9-18-14/h2-3,6-7,14-15H,4-5,8-11,16H2,1H3. The Balaban J connectivity index is 2.04. The Morgan fingerprint density at radius 3 is 2.89 bits per heavy atom. The van der Waals surface area contributed by atoms with E-state index in [0.29, 0.717) is 13.2 Å². The molecule has 1 saturated heterocycles. The third-order valence-electron chi connectivity index (χ3n) is 3.44. The van der Waals surface area contributed by atoms with Crippen LogP contribution in [0.4, 0.5) is 0 Å². The van der Waals surface area contributed by atoms with Gasteiger partial charge in [-0.1, -0.05) is 18.2 Å². The highest BCUT2D eigenvalue weighted by atomic mass is 16.5. The first kappa shape index (κ1) is 14.3. The fraction of sp³-hybridized carbons (Fsp3) is 0.600. The molecule has 106 valence electrons. The zero-order valence-corrected chi connectivity index (χ0v) is 11.5. The maximum Gasteiger partial charge on any atom is 0.124 e. The number of hydrogen-bond acceptors (Lipinski definition) is 4. The maximum absolute atomic E-state index is 6.34. The molecule has 2 N–H and O–H groups in total. The van der Waals surface area contributed by atoms with Crippen LogP contribution in [0.3, 0.4) is 0 Å². The quantitative estimate of drug-likeness (QED) is 0.802. The highest BCUT2D eigenvalue weighted by Gasteiger charge is 2.24. The molecule has 0 amide bonds. The molecular formula is C15H23NO3. The molecule has 1 aromatic rings. The summed E-state index contributed by atoms with van der Waals surface area (Å²) in [7, 11) is 1.66. The lowest BCUT2D eigenvalue weighted by atomic mass is 9.96. The first-order valence-corrected chi connectivity index (χ1v) is 6.91. The Bertz CT molecular complexity index is 377. The van der Waals surface area contributed by atoms with Crippen molar-refractivity contribution in [2.75, 3.05) is 26.9 Å². The average molecular weight is 265 g/mol. The highest BCUT2D eigenvalue weighted by molar-refractivity contribution is 5.36. The van der Waals surface area contributed by atoms with Gasteiger partial charge in [0.25, 0.3) is 0 Å². The van der Waals surface area contributed by atoms with Crippen molar-refractivity contribution in [3.63, 3.8) is 0 Å². The molecule has 1 aliphatic heterocycles. The van der Waals surface area contributed by atoms with E-state index in [1.807, 2.05) is 24.3 Å². The van der Waals surface area contributed by atoms with Gasteiger partial charge in [0.2, 0.25) is 0 Å². The zero-order valence-electron chi connectivity index (χ0n) is 11.5. The van der Waals surface area contributed by atoms with E-state index in [4.69, 9.17) is 19.9 Å². The van der Waals surface area contributed by atoms with Crippen LogP contribution in [0.25, 0.3) is 0 Å². The average Bonchev–Trinajstić information content (AvgIpc) is 2.48. The molecule has 2 atom stereocenters. The summed E-state index contributed by atoms with van der Waals surface area (Å²) >= 11 is 0. The number of rotatable bonds is 6. The van der Waals surface area contributed by atoms with Gasteiger partial charge in [0, 0.05) is 19.3 Å². The van der Waals surface area contributed by atoms with Gasteiger partial charge in [0.1, 0.15) is 12.4 Å². The van der Waals surface area contributed by atoms with Crippen molar-refractivity contribution in [3.05, 3.63) is 29.8 Å². The van der Waals surface area contributed by atoms with Crippen LogP contribution in [-0.2, 0) is 9.47 Å². The van der Waals surface area contributed by atoms with Gasteiger partial charge in [-0.2, -0.15) is 0 Å². The predicted molar refractivity (Wildman–Crippen MR) is 74.3 cm³/mol. The topological polar surface area (TPSA) is 53.7 Å². The molecule has 4 heteroatoms. The second-order valence-electron chi connectivity index (χ2n) is 4.81. The number of hydrogen-bond donors (Lipinski definition) is 1. The molecule has 2 unspecified atom stereocenters. The van der Waals surface area contributed by atoms with Gasteiger partial charge in [-0.25, -0.2) is 0 Å².